The van der Waals surface area contributed by atoms with Crippen LogP contribution in [0.2, 0.25) is 5.02 Å². The minimum Gasteiger partial charge on any atom is -0.465 e. The molecule has 136 valence electrons. The summed E-state index contributed by atoms with van der Waals surface area (Å²) in [7, 11) is 3.61. The number of methoxy groups -OCH3 is 3. The van der Waals surface area contributed by atoms with Crippen molar-refractivity contribution in [3.05, 3.63) is 64.5 Å². The van der Waals surface area contributed by atoms with Crippen LogP contribution >= 0.6 is 11.6 Å². The number of rotatable bonds is 4. The number of nitrogens with zero attached hydrogens (tertiary/aromatic N) is 1. The van der Waals surface area contributed by atoms with Gasteiger partial charge in [0.05, 0.1) is 38.2 Å². The summed E-state index contributed by atoms with van der Waals surface area (Å²) in [5.74, 6) is -2.17. The van der Waals surface area contributed by atoms with E-state index in [2.05, 4.69) is 0 Å². The van der Waals surface area contributed by atoms with Crippen LogP contribution in [0.3, 0.4) is 0 Å². The number of halogens is 1. The van der Waals surface area contributed by atoms with E-state index in [4.69, 9.17) is 25.8 Å². The molecule has 1 aromatic rings. The second-order valence-corrected chi connectivity index (χ2v) is 5.41. The normalized spacial score (nSPS) is 13.3. The number of allylic oxidation sites excluding steroid dienone is 2. The van der Waals surface area contributed by atoms with E-state index < -0.39 is 17.9 Å². The Morgan fingerprint density at radius 3 is 2.19 bits per heavy atom. The maximum atomic E-state index is 12.4. The largest absolute Gasteiger partial charge is 0.465 e. The first-order valence-corrected chi connectivity index (χ1v) is 7.75. The third-order valence-corrected chi connectivity index (χ3v) is 3.75. The van der Waals surface area contributed by atoms with Crippen LogP contribution < -0.4 is 4.90 Å². The van der Waals surface area contributed by atoms with Gasteiger partial charge in [-0.2, -0.15) is 0 Å². The molecule has 26 heavy (non-hydrogen) atoms. The van der Waals surface area contributed by atoms with Crippen LogP contribution in [-0.2, 0) is 23.8 Å². The van der Waals surface area contributed by atoms with Crippen LogP contribution in [0.15, 0.2) is 53.9 Å². The molecule has 2 rings (SSSR count). The SMILES string of the molecule is COC(=O)C1=C(C(=O)OC)N(c2ccc(Cl)cc2C(=O)OC)C=CC=C1. The van der Waals surface area contributed by atoms with Gasteiger partial charge in [0.2, 0.25) is 0 Å². The molecule has 0 aromatic heterocycles. The van der Waals surface area contributed by atoms with E-state index in [1.807, 2.05) is 0 Å². The molecule has 0 amide bonds. The Morgan fingerprint density at radius 2 is 1.58 bits per heavy atom. The lowest BCUT2D eigenvalue weighted by molar-refractivity contribution is -0.139. The van der Waals surface area contributed by atoms with Crippen molar-refractivity contribution >= 4 is 35.2 Å². The molecule has 0 atom stereocenters. The van der Waals surface area contributed by atoms with E-state index in [0.29, 0.717) is 5.02 Å². The van der Waals surface area contributed by atoms with Gasteiger partial charge in [-0.25, -0.2) is 14.4 Å². The zero-order chi connectivity index (χ0) is 19.3. The fourth-order valence-electron chi connectivity index (χ4n) is 2.34. The van der Waals surface area contributed by atoms with E-state index in [1.54, 1.807) is 18.2 Å². The zero-order valence-electron chi connectivity index (χ0n) is 14.3. The molecule has 0 fully saturated rings. The van der Waals surface area contributed by atoms with Crippen molar-refractivity contribution in [2.75, 3.05) is 26.2 Å². The topological polar surface area (TPSA) is 82.1 Å². The fraction of sp³-hybridized carbons (Fsp3) is 0.167. The quantitative estimate of drug-likeness (QED) is 0.589. The number of hydrogen-bond acceptors (Lipinski definition) is 7. The van der Waals surface area contributed by atoms with Gasteiger partial charge >= 0.3 is 17.9 Å². The highest BCUT2D eigenvalue weighted by molar-refractivity contribution is 6.31. The summed E-state index contributed by atoms with van der Waals surface area (Å²) < 4.78 is 14.3. The maximum absolute atomic E-state index is 12.4. The Balaban J connectivity index is 2.76. The second-order valence-electron chi connectivity index (χ2n) is 4.97. The molecule has 1 aliphatic heterocycles. The number of esters is 3. The van der Waals surface area contributed by atoms with Crippen molar-refractivity contribution in [3.8, 4) is 0 Å². The first-order valence-electron chi connectivity index (χ1n) is 7.37. The molecule has 0 aliphatic carbocycles. The molecular weight excluding hydrogens is 362 g/mol. The molecule has 0 N–H and O–H groups in total. The van der Waals surface area contributed by atoms with Gasteiger partial charge in [0.25, 0.3) is 0 Å². The van der Waals surface area contributed by atoms with Crippen molar-refractivity contribution in [1.29, 1.82) is 0 Å². The highest BCUT2D eigenvalue weighted by atomic mass is 35.5. The van der Waals surface area contributed by atoms with Crippen molar-refractivity contribution in [1.82, 2.24) is 0 Å². The van der Waals surface area contributed by atoms with Gasteiger partial charge in [0, 0.05) is 11.2 Å². The number of carbonyl (C=O) groups excluding carboxylic acids is 3. The Morgan fingerprint density at radius 1 is 0.923 bits per heavy atom. The number of ether oxygens (including phenoxy) is 3. The summed E-state index contributed by atoms with van der Waals surface area (Å²) in [5.41, 5.74) is 0.243. The lowest BCUT2D eigenvalue weighted by Crippen LogP contribution is -2.28. The first-order chi connectivity index (χ1) is 12.4. The van der Waals surface area contributed by atoms with Gasteiger partial charge in [0.1, 0.15) is 5.70 Å². The third-order valence-electron chi connectivity index (χ3n) is 3.51. The molecular formula is C18H16ClNO6. The summed E-state index contributed by atoms with van der Waals surface area (Å²) >= 11 is 5.98. The molecule has 0 unspecified atom stereocenters. The van der Waals surface area contributed by atoms with Gasteiger partial charge in [-0.05, 0) is 30.4 Å². The van der Waals surface area contributed by atoms with E-state index in [9.17, 15) is 14.4 Å². The standard InChI is InChI=1S/C18H16ClNO6/c1-24-16(21)12-6-4-5-9-20(15(12)18(23)26-3)14-8-7-11(19)10-13(14)17(22)25-2/h4-10H,1-3H3. The van der Waals surface area contributed by atoms with E-state index in [-0.39, 0.29) is 22.5 Å². The van der Waals surface area contributed by atoms with E-state index in [0.717, 1.165) is 0 Å². The Hall–Kier alpha value is -3.06. The average Bonchev–Trinajstić information content (AvgIpc) is 2.88. The van der Waals surface area contributed by atoms with Crippen LogP contribution in [0.25, 0.3) is 0 Å². The number of hydrogen-bond donors (Lipinski definition) is 0. The predicted octanol–water partition coefficient (Wildman–Crippen LogP) is 2.62. The minimum absolute atomic E-state index is 0.0323. The van der Waals surface area contributed by atoms with Crippen LogP contribution in [0, 0.1) is 0 Å². The van der Waals surface area contributed by atoms with Crippen LogP contribution in [0.4, 0.5) is 5.69 Å². The third kappa shape index (κ3) is 3.78. The first kappa shape index (κ1) is 19.3. The summed E-state index contributed by atoms with van der Waals surface area (Å²) in [6, 6.07) is 4.48. The van der Waals surface area contributed by atoms with Crippen LogP contribution in [0.5, 0.6) is 0 Å². The summed E-state index contributed by atoms with van der Waals surface area (Å²) in [6.07, 6.45) is 6.08. The van der Waals surface area contributed by atoms with E-state index in [1.165, 1.54) is 50.6 Å². The van der Waals surface area contributed by atoms with Gasteiger partial charge in [-0.3, -0.25) is 0 Å². The molecule has 1 aliphatic rings. The highest BCUT2D eigenvalue weighted by Gasteiger charge is 2.29. The van der Waals surface area contributed by atoms with Crippen LogP contribution in [-0.4, -0.2) is 39.2 Å². The second kappa shape index (κ2) is 8.35. The molecule has 0 bridgehead atoms. The van der Waals surface area contributed by atoms with Crippen molar-refractivity contribution in [3.63, 3.8) is 0 Å². The molecule has 0 saturated heterocycles. The summed E-state index contributed by atoms with van der Waals surface area (Å²) in [6.45, 7) is 0. The van der Waals surface area contributed by atoms with Gasteiger partial charge in [-0.15, -0.1) is 0 Å². The molecule has 0 saturated carbocycles. The predicted molar refractivity (Wildman–Crippen MR) is 94.6 cm³/mol. The lowest BCUT2D eigenvalue weighted by atomic mass is 10.1. The van der Waals surface area contributed by atoms with Gasteiger partial charge in [-0.1, -0.05) is 17.7 Å². The average molecular weight is 378 g/mol. The minimum atomic E-state index is -0.785. The fourth-order valence-corrected chi connectivity index (χ4v) is 2.52. The number of carbonyl (C=O) groups is 3. The molecule has 7 nitrogen and oxygen atoms in total. The number of anilines is 1. The highest BCUT2D eigenvalue weighted by Crippen LogP contribution is 2.31. The lowest BCUT2D eigenvalue weighted by Gasteiger charge is -2.24. The monoisotopic (exact) mass is 377 g/mol. The molecule has 8 heteroatoms. The molecule has 0 spiro atoms. The number of benzene rings is 1. The van der Waals surface area contributed by atoms with Crippen LogP contribution in [0.1, 0.15) is 10.4 Å². The summed E-state index contributed by atoms with van der Waals surface area (Å²) in [5, 5.41) is 0.308. The van der Waals surface area contributed by atoms with Gasteiger partial charge < -0.3 is 19.1 Å². The van der Waals surface area contributed by atoms with E-state index >= 15 is 0 Å². The summed E-state index contributed by atoms with van der Waals surface area (Å²) in [4.78, 5) is 38.1. The Bertz CT molecular complexity index is 840. The van der Waals surface area contributed by atoms with Gasteiger partial charge in [0.15, 0.2) is 0 Å². The van der Waals surface area contributed by atoms with Crippen molar-refractivity contribution in [2.45, 2.75) is 0 Å². The Kier molecular flexibility index (Phi) is 6.19. The molecule has 1 aromatic carbocycles. The molecule has 1 heterocycles. The zero-order valence-corrected chi connectivity index (χ0v) is 15.1. The van der Waals surface area contributed by atoms with Crippen molar-refractivity contribution in [2.24, 2.45) is 0 Å². The smallest absolute Gasteiger partial charge is 0.355 e. The Labute approximate surface area is 155 Å². The maximum Gasteiger partial charge on any atom is 0.355 e. The van der Waals surface area contributed by atoms with Crippen molar-refractivity contribution < 1.29 is 28.6 Å². The molecule has 0 radical (unpaired) electrons.